The van der Waals surface area contributed by atoms with Gasteiger partial charge in [-0.1, -0.05) is 0 Å². The summed E-state index contributed by atoms with van der Waals surface area (Å²) in [6, 6.07) is 8.75. The number of nitrogens with one attached hydrogen (secondary N) is 1. The second kappa shape index (κ2) is 7.89. The molecular weight excluding hydrogens is 340 g/mol. The van der Waals surface area contributed by atoms with Crippen LogP contribution in [0, 0.1) is 23.0 Å². The Morgan fingerprint density at radius 3 is 2.62 bits per heavy atom. The highest BCUT2D eigenvalue weighted by Gasteiger charge is 2.20. The normalized spacial score (nSPS) is 14.7. The highest BCUT2D eigenvalue weighted by Crippen LogP contribution is 2.16. The van der Waals surface area contributed by atoms with Crippen LogP contribution in [0.15, 0.2) is 36.5 Å². The molecule has 2 aromatic rings. The van der Waals surface area contributed by atoms with Gasteiger partial charge in [-0.2, -0.15) is 5.26 Å². The molecule has 0 spiro atoms. The third-order valence-electron chi connectivity index (χ3n) is 4.14. The van der Waals surface area contributed by atoms with Crippen molar-refractivity contribution in [3.63, 3.8) is 0 Å². The first-order valence-corrected chi connectivity index (χ1v) is 8.13. The third kappa shape index (κ3) is 4.32. The van der Waals surface area contributed by atoms with Gasteiger partial charge in [0.1, 0.15) is 5.82 Å². The van der Waals surface area contributed by atoms with E-state index in [0.717, 1.165) is 18.0 Å². The first-order chi connectivity index (χ1) is 12.5. The standard InChI is InChI=1S/C18H17F2N5O/c19-15-2-1-14(10-16(15)20)23-18(26)12-24-5-7-25(8-6-24)17-9-13(11-21)3-4-22-17/h1-4,9-10H,5-8,12H2,(H,23,26). The average molecular weight is 357 g/mol. The lowest BCUT2D eigenvalue weighted by Gasteiger charge is -2.35. The Hall–Kier alpha value is -3.05. The van der Waals surface area contributed by atoms with Crippen LogP contribution in [-0.2, 0) is 4.79 Å². The number of halogens is 2. The number of anilines is 2. The largest absolute Gasteiger partial charge is 0.354 e. The van der Waals surface area contributed by atoms with Gasteiger partial charge in [0.05, 0.1) is 18.2 Å². The number of nitrogens with zero attached hydrogens (tertiary/aromatic N) is 4. The van der Waals surface area contributed by atoms with Crippen LogP contribution >= 0.6 is 0 Å². The molecule has 0 radical (unpaired) electrons. The molecule has 1 aliphatic rings. The van der Waals surface area contributed by atoms with Gasteiger partial charge in [0.25, 0.3) is 0 Å². The molecular formula is C18H17F2N5O. The van der Waals surface area contributed by atoms with Crippen molar-refractivity contribution in [3.8, 4) is 6.07 Å². The summed E-state index contributed by atoms with van der Waals surface area (Å²) in [7, 11) is 0. The maximum absolute atomic E-state index is 13.2. The number of rotatable bonds is 4. The predicted octanol–water partition coefficient (Wildman–Crippen LogP) is 1.99. The van der Waals surface area contributed by atoms with Crippen molar-refractivity contribution in [1.82, 2.24) is 9.88 Å². The van der Waals surface area contributed by atoms with Crippen LogP contribution in [-0.4, -0.2) is 48.5 Å². The van der Waals surface area contributed by atoms with E-state index in [2.05, 4.69) is 21.3 Å². The summed E-state index contributed by atoms with van der Waals surface area (Å²) in [5.74, 6) is -1.49. The third-order valence-corrected chi connectivity index (χ3v) is 4.14. The number of hydrogen-bond donors (Lipinski definition) is 1. The second-order valence-electron chi connectivity index (χ2n) is 5.95. The number of benzene rings is 1. The fourth-order valence-corrected chi connectivity index (χ4v) is 2.77. The minimum atomic E-state index is -0.997. The molecule has 1 amide bonds. The molecule has 6 nitrogen and oxygen atoms in total. The molecule has 2 heterocycles. The smallest absolute Gasteiger partial charge is 0.238 e. The Balaban J connectivity index is 1.51. The van der Waals surface area contributed by atoms with E-state index in [0.29, 0.717) is 31.7 Å². The lowest BCUT2D eigenvalue weighted by molar-refractivity contribution is -0.117. The molecule has 0 aliphatic carbocycles. The number of piperazine rings is 1. The Kier molecular flexibility index (Phi) is 5.39. The number of carbonyl (C=O) groups is 1. The molecule has 1 aromatic carbocycles. The van der Waals surface area contributed by atoms with Gasteiger partial charge in [-0.15, -0.1) is 0 Å². The molecule has 1 N–H and O–H groups in total. The molecule has 1 aliphatic heterocycles. The van der Waals surface area contributed by atoms with E-state index in [1.54, 1.807) is 18.3 Å². The van der Waals surface area contributed by atoms with E-state index >= 15 is 0 Å². The summed E-state index contributed by atoms with van der Waals surface area (Å²) in [6.07, 6.45) is 1.61. The van der Waals surface area contributed by atoms with Crippen LogP contribution in [0.5, 0.6) is 0 Å². The maximum Gasteiger partial charge on any atom is 0.238 e. The van der Waals surface area contributed by atoms with Crippen molar-refractivity contribution < 1.29 is 13.6 Å². The Morgan fingerprint density at radius 1 is 1.15 bits per heavy atom. The zero-order chi connectivity index (χ0) is 18.5. The minimum absolute atomic E-state index is 0.165. The molecule has 8 heteroatoms. The van der Waals surface area contributed by atoms with Crippen LogP contribution in [0.25, 0.3) is 0 Å². The van der Waals surface area contributed by atoms with Gasteiger partial charge in [0, 0.05) is 44.1 Å². The van der Waals surface area contributed by atoms with Gasteiger partial charge < -0.3 is 10.2 Å². The summed E-state index contributed by atoms with van der Waals surface area (Å²) >= 11 is 0. The van der Waals surface area contributed by atoms with Crippen molar-refractivity contribution in [2.75, 3.05) is 42.9 Å². The SMILES string of the molecule is N#Cc1ccnc(N2CCN(CC(=O)Nc3ccc(F)c(F)c3)CC2)c1. The highest BCUT2D eigenvalue weighted by atomic mass is 19.2. The number of carbonyl (C=O) groups excluding carboxylic acids is 1. The number of pyridine rings is 1. The van der Waals surface area contributed by atoms with Gasteiger partial charge in [-0.05, 0) is 24.3 Å². The minimum Gasteiger partial charge on any atom is -0.354 e. The zero-order valence-electron chi connectivity index (χ0n) is 14.0. The zero-order valence-corrected chi connectivity index (χ0v) is 14.0. The fourth-order valence-electron chi connectivity index (χ4n) is 2.77. The Bertz CT molecular complexity index is 844. The van der Waals surface area contributed by atoms with Crippen molar-refractivity contribution in [1.29, 1.82) is 5.26 Å². The van der Waals surface area contributed by atoms with Crippen LogP contribution in [0.4, 0.5) is 20.3 Å². The summed E-state index contributed by atoms with van der Waals surface area (Å²) < 4.78 is 26.1. The highest BCUT2D eigenvalue weighted by molar-refractivity contribution is 5.92. The topological polar surface area (TPSA) is 72.3 Å². The number of nitriles is 1. The van der Waals surface area contributed by atoms with Crippen LogP contribution in [0.2, 0.25) is 0 Å². The molecule has 0 unspecified atom stereocenters. The monoisotopic (exact) mass is 357 g/mol. The van der Waals surface area contributed by atoms with Crippen molar-refractivity contribution in [2.24, 2.45) is 0 Å². The fraction of sp³-hybridized carbons (Fsp3) is 0.278. The van der Waals surface area contributed by atoms with E-state index in [-0.39, 0.29) is 18.1 Å². The first kappa shape index (κ1) is 17.8. The van der Waals surface area contributed by atoms with Gasteiger partial charge in [-0.25, -0.2) is 13.8 Å². The van der Waals surface area contributed by atoms with E-state index in [4.69, 9.17) is 5.26 Å². The number of aromatic nitrogens is 1. The summed E-state index contributed by atoms with van der Waals surface area (Å²) in [6.45, 7) is 2.84. The molecule has 1 fully saturated rings. The second-order valence-corrected chi connectivity index (χ2v) is 5.95. The van der Waals surface area contributed by atoms with Crippen molar-refractivity contribution in [2.45, 2.75) is 0 Å². The van der Waals surface area contributed by atoms with Gasteiger partial charge in [0.15, 0.2) is 11.6 Å². The van der Waals surface area contributed by atoms with E-state index in [1.807, 2.05) is 4.90 Å². The molecule has 0 bridgehead atoms. The molecule has 26 heavy (non-hydrogen) atoms. The van der Waals surface area contributed by atoms with E-state index in [1.165, 1.54) is 6.07 Å². The summed E-state index contributed by atoms with van der Waals surface area (Å²) in [5.41, 5.74) is 0.786. The van der Waals surface area contributed by atoms with Crippen LogP contribution in [0.1, 0.15) is 5.56 Å². The van der Waals surface area contributed by atoms with E-state index < -0.39 is 11.6 Å². The summed E-state index contributed by atoms with van der Waals surface area (Å²) in [4.78, 5) is 20.4. The predicted molar refractivity (Wildman–Crippen MR) is 92.6 cm³/mol. The molecule has 0 atom stereocenters. The Labute approximate surface area is 149 Å². The van der Waals surface area contributed by atoms with Crippen molar-refractivity contribution >= 4 is 17.4 Å². The summed E-state index contributed by atoms with van der Waals surface area (Å²) in [5, 5.41) is 11.5. The lowest BCUT2D eigenvalue weighted by Crippen LogP contribution is -2.48. The van der Waals surface area contributed by atoms with Gasteiger partial charge in [0.2, 0.25) is 5.91 Å². The number of amides is 1. The van der Waals surface area contributed by atoms with Crippen LogP contribution < -0.4 is 10.2 Å². The average Bonchev–Trinajstić information content (AvgIpc) is 2.65. The van der Waals surface area contributed by atoms with Crippen LogP contribution in [0.3, 0.4) is 0 Å². The molecule has 3 rings (SSSR count). The van der Waals surface area contributed by atoms with Crippen molar-refractivity contribution in [3.05, 3.63) is 53.7 Å². The lowest BCUT2D eigenvalue weighted by atomic mass is 10.2. The quantitative estimate of drug-likeness (QED) is 0.906. The molecule has 0 saturated carbocycles. The first-order valence-electron chi connectivity index (χ1n) is 8.13. The molecule has 1 aromatic heterocycles. The van der Waals surface area contributed by atoms with Gasteiger partial charge in [-0.3, -0.25) is 9.69 Å². The molecule has 1 saturated heterocycles. The Morgan fingerprint density at radius 2 is 1.92 bits per heavy atom. The van der Waals surface area contributed by atoms with E-state index in [9.17, 15) is 13.6 Å². The maximum atomic E-state index is 13.2. The van der Waals surface area contributed by atoms with Gasteiger partial charge >= 0.3 is 0 Å². The number of hydrogen-bond acceptors (Lipinski definition) is 5. The molecule has 134 valence electrons.